The molecule has 0 aromatic heterocycles. The molecule has 0 saturated heterocycles. The van der Waals surface area contributed by atoms with Crippen LogP contribution in [0.3, 0.4) is 0 Å². The van der Waals surface area contributed by atoms with Crippen LogP contribution in [0.15, 0.2) is 24.3 Å². The number of hydrogen-bond donors (Lipinski definition) is 10. The van der Waals surface area contributed by atoms with Gasteiger partial charge in [0.2, 0.25) is 47.6 Å². The highest BCUT2D eigenvalue weighted by atomic mass is 16.4. The molecule has 0 aliphatic carbocycles. The standard InChI is InChI=1S/C45H70N8O13/c1-8-9-16-29(37(60)39(46)61)49-42(64)32(23-26(2)3)52-44(66)38(45(5,6)7)53-43(65)33(24-28-15-11-10-14-27(28)4)51-41(63)31(18-20-35(56)57)50-40(62)30(17-12-13-22-47-25-54)48-34(55)19-21-36(58)59/h10-11,14-15,25-26,29-33,38H,8-9,12-13,16-24H2,1-7H3,(H2,46,61)(H,47,54)(H,48,55)(H,49,64)(H,50,62)(H,51,63)(H,52,66)(H,53,65)(H,56,57)(H,58,59)/t29?,30-,31-,32-,33-,38+/m0/s1. The zero-order chi connectivity index (χ0) is 50.1. The molecular formula is C45H70N8O13. The van der Waals surface area contributed by atoms with Crippen molar-refractivity contribution in [1.82, 2.24) is 37.2 Å². The second-order valence-electron chi connectivity index (χ2n) is 17.7. The second-order valence-corrected chi connectivity index (χ2v) is 17.7. The van der Waals surface area contributed by atoms with Gasteiger partial charge in [-0.05, 0) is 67.9 Å². The zero-order valence-corrected chi connectivity index (χ0v) is 39.1. The molecule has 21 nitrogen and oxygen atoms in total. The molecule has 0 bridgehead atoms. The number of nitrogens with two attached hydrogens (primary N) is 1. The van der Waals surface area contributed by atoms with E-state index in [-0.39, 0.29) is 38.1 Å². The van der Waals surface area contributed by atoms with E-state index in [0.29, 0.717) is 37.7 Å². The van der Waals surface area contributed by atoms with Gasteiger partial charge in [0.15, 0.2) is 0 Å². The fourth-order valence-corrected chi connectivity index (χ4v) is 6.74. The summed E-state index contributed by atoms with van der Waals surface area (Å²) >= 11 is 0. The summed E-state index contributed by atoms with van der Waals surface area (Å²) in [7, 11) is 0. The van der Waals surface area contributed by atoms with E-state index in [4.69, 9.17) is 10.8 Å². The predicted octanol–water partition coefficient (Wildman–Crippen LogP) is 0.429. The van der Waals surface area contributed by atoms with Crippen molar-refractivity contribution in [2.75, 3.05) is 6.54 Å². The molecule has 21 heteroatoms. The number of carbonyl (C=O) groups excluding carboxylic acids is 9. The third-order valence-corrected chi connectivity index (χ3v) is 10.4. The molecule has 1 rings (SSSR count). The number of carboxylic acids is 2. The predicted molar refractivity (Wildman–Crippen MR) is 241 cm³/mol. The van der Waals surface area contributed by atoms with E-state index in [1.165, 1.54) is 0 Å². The topological polar surface area (TPSA) is 338 Å². The molecule has 6 atom stereocenters. The summed E-state index contributed by atoms with van der Waals surface area (Å²) in [6.45, 7) is 12.5. The molecule has 11 N–H and O–H groups in total. The lowest BCUT2D eigenvalue weighted by molar-refractivity contribution is -0.140. The molecule has 66 heavy (non-hydrogen) atoms. The van der Waals surface area contributed by atoms with Crippen LogP contribution in [-0.4, -0.2) is 118 Å². The quantitative estimate of drug-likeness (QED) is 0.0267. The Morgan fingerprint density at radius 1 is 0.652 bits per heavy atom. The molecule has 1 aromatic rings. The average molecular weight is 931 g/mol. The largest absolute Gasteiger partial charge is 0.481 e. The van der Waals surface area contributed by atoms with E-state index in [1.54, 1.807) is 65.8 Å². The number of Topliss-reactive ketones (excluding diaryl/α,β-unsaturated/α-hetero) is 1. The maximum Gasteiger partial charge on any atom is 0.303 e. The minimum Gasteiger partial charge on any atom is -0.481 e. The lowest BCUT2D eigenvalue weighted by atomic mass is 9.85. The summed E-state index contributed by atoms with van der Waals surface area (Å²) in [5, 5.41) is 36.6. The SMILES string of the molecule is CCCCC(NC(=O)[C@H](CC(C)C)NC(=O)[C@@H](NC(=O)[C@H](Cc1ccccc1C)NC(=O)[C@H](CCC(=O)O)NC(=O)[C@H](CCCCNC=O)NC(=O)CCC(=O)O)C(C)(C)C)C(=O)C(N)=O. The number of rotatable bonds is 32. The summed E-state index contributed by atoms with van der Waals surface area (Å²) in [5.41, 5.74) is 5.58. The van der Waals surface area contributed by atoms with E-state index >= 15 is 0 Å². The zero-order valence-electron chi connectivity index (χ0n) is 39.1. The number of nitrogens with one attached hydrogen (secondary N) is 7. The van der Waals surface area contributed by atoms with Gasteiger partial charge in [-0.15, -0.1) is 0 Å². The number of hydrogen-bond acceptors (Lipinski definition) is 11. The Bertz CT molecular complexity index is 1870. The van der Waals surface area contributed by atoms with Gasteiger partial charge < -0.3 is 53.2 Å². The third kappa shape index (κ3) is 22.0. The van der Waals surface area contributed by atoms with Crippen LogP contribution in [0.2, 0.25) is 0 Å². The highest BCUT2D eigenvalue weighted by Crippen LogP contribution is 2.21. The first-order chi connectivity index (χ1) is 30.9. The van der Waals surface area contributed by atoms with Gasteiger partial charge in [0, 0.05) is 25.8 Å². The Hall–Kier alpha value is -6.41. The van der Waals surface area contributed by atoms with Gasteiger partial charge in [-0.3, -0.25) is 52.7 Å². The molecule has 368 valence electrons. The van der Waals surface area contributed by atoms with Crippen LogP contribution >= 0.6 is 0 Å². The maximum absolute atomic E-state index is 14.4. The molecule has 0 radical (unpaired) electrons. The van der Waals surface area contributed by atoms with Gasteiger partial charge >= 0.3 is 11.9 Å². The van der Waals surface area contributed by atoms with Crippen LogP contribution in [-0.2, 0) is 59.2 Å². The van der Waals surface area contributed by atoms with Crippen molar-refractivity contribution < 1.29 is 63.0 Å². The molecule has 1 aromatic carbocycles. The summed E-state index contributed by atoms with van der Waals surface area (Å²) < 4.78 is 0. The van der Waals surface area contributed by atoms with Gasteiger partial charge in [0.05, 0.1) is 12.5 Å². The van der Waals surface area contributed by atoms with Crippen molar-refractivity contribution in [3.05, 3.63) is 35.4 Å². The third-order valence-electron chi connectivity index (χ3n) is 10.4. The molecular weight excluding hydrogens is 861 g/mol. The number of carboxylic acid groups (broad SMARTS) is 2. The number of amides is 8. The molecule has 1 unspecified atom stereocenters. The van der Waals surface area contributed by atoms with Gasteiger partial charge in [0.1, 0.15) is 30.2 Å². The van der Waals surface area contributed by atoms with Crippen LogP contribution in [0.1, 0.15) is 123 Å². The first-order valence-electron chi connectivity index (χ1n) is 22.2. The number of aliphatic carboxylic acids is 2. The number of aryl methyl sites for hydroxylation is 1. The summed E-state index contributed by atoms with van der Waals surface area (Å²) in [4.78, 5) is 141. The van der Waals surface area contributed by atoms with Crippen molar-refractivity contribution in [3.63, 3.8) is 0 Å². The number of carbonyl (C=O) groups is 11. The number of unbranched alkanes of at least 4 members (excludes halogenated alkanes) is 2. The van der Waals surface area contributed by atoms with E-state index < -0.39 is 126 Å². The smallest absolute Gasteiger partial charge is 0.303 e. The minimum atomic E-state index is -1.57. The maximum atomic E-state index is 14.4. The van der Waals surface area contributed by atoms with Gasteiger partial charge in [0.25, 0.3) is 5.91 Å². The van der Waals surface area contributed by atoms with Crippen molar-refractivity contribution in [3.8, 4) is 0 Å². The minimum absolute atomic E-state index is 0.00234. The van der Waals surface area contributed by atoms with Crippen LogP contribution in [0, 0.1) is 18.3 Å². The Morgan fingerprint density at radius 2 is 1.18 bits per heavy atom. The molecule has 0 spiro atoms. The summed E-state index contributed by atoms with van der Waals surface area (Å²) in [6.07, 6.45) is 0.387. The fourth-order valence-electron chi connectivity index (χ4n) is 6.74. The van der Waals surface area contributed by atoms with Gasteiger partial charge in [-0.2, -0.15) is 0 Å². The Labute approximate surface area is 385 Å². The molecule has 0 aliphatic rings. The van der Waals surface area contributed by atoms with Crippen molar-refractivity contribution in [1.29, 1.82) is 0 Å². The molecule has 0 heterocycles. The highest BCUT2D eigenvalue weighted by molar-refractivity contribution is 6.37. The molecule has 0 aliphatic heterocycles. The van der Waals surface area contributed by atoms with E-state index in [2.05, 4.69) is 37.2 Å². The van der Waals surface area contributed by atoms with Crippen LogP contribution < -0.4 is 43.0 Å². The number of ketones is 1. The number of benzene rings is 1. The van der Waals surface area contributed by atoms with Gasteiger partial charge in [-0.25, -0.2) is 0 Å². The monoisotopic (exact) mass is 931 g/mol. The van der Waals surface area contributed by atoms with Crippen LogP contribution in [0.25, 0.3) is 0 Å². The highest BCUT2D eigenvalue weighted by Gasteiger charge is 2.38. The summed E-state index contributed by atoms with van der Waals surface area (Å²) in [5.74, 6) is -9.94. The van der Waals surface area contributed by atoms with Crippen molar-refractivity contribution >= 4 is 65.5 Å². The Kier molecular flexibility index (Phi) is 25.5. The van der Waals surface area contributed by atoms with E-state index in [1.807, 2.05) is 6.92 Å². The summed E-state index contributed by atoms with van der Waals surface area (Å²) in [6, 6.07) is -1.13. The van der Waals surface area contributed by atoms with Crippen LogP contribution in [0.5, 0.6) is 0 Å². The van der Waals surface area contributed by atoms with Crippen LogP contribution in [0.4, 0.5) is 0 Å². The van der Waals surface area contributed by atoms with Crippen molar-refractivity contribution in [2.24, 2.45) is 17.1 Å². The number of primary amides is 1. The lowest BCUT2D eigenvalue weighted by Gasteiger charge is -2.34. The normalized spacial score (nSPS) is 13.9. The van der Waals surface area contributed by atoms with Gasteiger partial charge in [-0.1, -0.05) is 78.6 Å². The Balaban J connectivity index is 3.59. The fraction of sp³-hybridized carbons (Fsp3) is 0.622. The van der Waals surface area contributed by atoms with E-state index in [0.717, 1.165) is 5.56 Å². The second kappa shape index (κ2) is 29.2. The molecule has 0 saturated carbocycles. The Morgan fingerprint density at radius 3 is 1.73 bits per heavy atom. The average Bonchev–Trinajstić information content (AvgIpc) is 3.23. The van der Waals surface area contributed by atoms with Crippen molar-refractivity contribution in [2.45, 2.75) is 162 Å². The first-order valence-corrected chi connectivity index (χ1v) is 22.2. The lowest BCUT2D eigenvalue weighted by Crippen LogP contribution is -2.62. The molecule has 0 fully saturated rings. The molecule has 8 amide bonds. The first kappa shape index (κ1) is 57.6. The van der Waals surface area contributed by atoms with E-state index in [9.17, 15) is 57.8 Å².